The molecule has 8 heteroatoms. The molecule has 0 aromatic carbocycles. The highest BCUT2D eigenvalue weighted by Crippen LogP contribution is 2.37. The SMILES string of the molecule is CCN(C(=O)CC(C)S)c1sc(-c2cncc(F)c2)nc1Cl. The quantitative estimate of drug-likeness (QED) is 0.819. The van der Waals surface area contributed by atoms with Crippen molar-refractivity contribution in [3.05, 3.63) is 29.4 Å². The second-order valence-electron chi connectivity index (χ2n) is 4.70. The van der Waals surface area contributed by atoms with Crippen LogP contribution in [0, 0.1) is 5.82 Å². The van der Waals surface area contributed by atoms with Crippen LogP contribution in [0.4, 0.5) is 9.39 Å². The maximum Gasteiger partial charge on any atom is 0.228 e. The molecule has 0 aliphatic rings. The molecule has 2 heterocycles. The topological polar surface area (TPSA) is 46.1 Å². The Bertz CT molecular complexity index is 678. The number of anilines is 1. The Balaban J connectivity index is 2.34. The van der Waals surface area contributed by atoms with E-state index in [2.05, 4.69) is 22.6 Å². The van der Waals surface area contributed by atoms with E-state index in [1.807, 2.05) is 13.8 Å². The Labute approximate surface area is 142 Å². The summed E-state index contributed by atoms with van der Waals surface area (Å²) in [6, 6.07) is 1.33. The normalized spacial score (nSPS) is 12.2. The molecule has 2 aromatic heterocycles. The maximum atomic E-state index is 13.3. The van der Waals surface area contributed by atoms with Gasteiger partial charge in [0, 0.05) is 30.0 Å². The number of hydrogen-bond donors (Lipinski definition) is 1. The van der Waals surface area contributed by atoms with Crippen LogP contribution in [-0.2, 0) is 4.79 Å². The highest BCUT2D eigenvalue weighted by atomic mass is 35.5. The summed E-state index contributed by atoms with van der Waals surface area (Å²) in [5.41, 5.74) is 0.532. The molecule has 0 N–H and O–H groups in total. The molecule has 0 spiro atoms. The second-order valence-corrected chi connectivity index (χ2v) is 6.92. The van der Waals surface area contributed by atoms with E-state index in [9.17, 15) is 9.18 Å². The summed E-state index contributed by atoms with van der Waals surface area (Å²) in [6.07, 6.45) is 2.94. The summed E-state index contributed by atoms with van der Waals surface area (Å²) in [7, 11) is 0. The third kappa shape index (κ3) is 3.97. The molecule has 0 saturated heterocycles. The molecule has 22 heavy (non-hydrogen) atoms. The van der Waals surface area contributed by atoms with Gasteiger partial charge in [0.15, 0.2) is 5.15 Å². The maximum absolute atomic E-state index is 13.3. The zero-order valence-corrected chi connectivity index (χ0v) is 14.6. The Kier molecular flexibility index (Phi) is 5.77. The highest BCUT2D eigenvalue weighted by molar-refractivity contribution is 7.80. The van der Waals surface area contributed by atoms with Gasteiger partial charge in [0.05, 0.1) is 6.20 Å². The minimum atomic E-state index is -0.447. The zero-order chi connectivity index (χ0) is 16.3. The molecule has 0 aliphatic heterocycles. The third-order valence-electron chi connectivity index (χ3n) is 2.85. The number of hydrogen-bond acceptors (Lipinski definition) is 5. The number of amides is 1. The van der Waals surface area contributed by atoms with Gasteiger partial charge in [0.2, 0.25) is 5.91 Å². The zero-order valence-electron chi connectivity index (χ0n) is 12.1. The van der Waals surface area contributed by atoms with Gasteiger partial charge in [-0.3, -0.25) is 9.78 Å². The van der Waals surface area contributed by atoms with Crippen LogP contribution in [0.3, 0.4) is 0 Å². The molecule has 2 aromatic rings. The van der Waals surface area contributed by atoms with E-state index in [-0.39, 0.29) is 16.3 Å². The van der Waals surface area contributed by atoms with Gasteiger partial charge in [-0.25, -0.2) is 9.37 Å². The predicted octanol–water partition coefficient (Wildman–Crippen LogP) is 4.06. The fourth-order valence-electron chi connectivity index (χ4n) is 1.91. The van der Waals surface area contributed by atoms with Gasteiger partial charge in [0.1, 0.15) is 15.8 Å². The summed E-state index contributed by atoms with van der Waals surface area (Å²) in [5.74, 6) is -0.517. The Morgan fingerprint density at radius 3 is 2.86 bits per heavy atom. The molecule has 1 atom stereocenters. The van der Waals surface area contributed by atoms with Crippen molar-refractivity contribution in [3.8, 4) is 10.6 Å². The number of pyridine rings is 1. The van der Waals surface area contributed by atoms with E-state index in [0.717, 1.165) is 6.20 Å². The monoisotopic (exact) mass is 359 g/mol. The van der Waals surface area contributed by atoms with E-state index in [0.29, 0.717) is 28.5 Å². The summed E-state index contributed by atoms with van der Waals surface area (Å²) in [5, 5.41) is 1.27. The minimum absolute atomic E-state index is 0.0415. The lowest BCUT2D eigenvalue weighted by atomic mass is 10.3. The minimum Gasteiger partial charge on any atom is -0.301 e. The van der Waals surface area contributed by atoms with Crippen LogP contribution in [0.2, 0.25) is 5.15 Å². The number of aromatic nitrogens is 2. The van der Waals surface area contributed by atoms with Crippen LogP contribution >= 0.6 is 35.6 Å². The molecular weight excluding hydrogens is 345 g/mol. The Morgan fingerprint density at radius 2 is 2.27 bits per heavy atom. The number of thiazole rings is 1. The van der Waals surface area contributed by atoms with Gasteiger partial charge >= 0.3 is 0 Å². The molecular formula is C14H15ClFN3OS2. The van der Waals surface area contributed by atoms with Crippen molar-refractivity contribution in [1.82, 2.24) is 9.97 Å². The van der Waals surface area contributed by atoms with Crippen molar-refractivity contribution in [2.45, 2.75) is 25.5 Å². The lowest BCUT2D eigenvalue weighted by molar-refractivity contribution is -0.118. The van der Waals surface area contributed by atoms with E-state index in [1.165, 1.54) is 23.6 Å². The lowest BCUT2D eigenvalue weighted by Gasteiger charge is -2.19. The largest absolute Gasteiger partial charge is 0.301 e. The molecule has 0 radical (unpaired) electrons. The average Bonchev–Trinajstić information content (AvgIpc) is 2.81. The first-order chi connectivity index (χ1) is 10.4. The van der Waals surface area contributed by atoms with Crippen molar-refractivity contribution < 1.29 is 9.18 Å². The molecule has 2 rings (SSSR count). The van der Waals surface area contributed by atoms with Crippen LogP contribution in [0.15, 0.2) is 18.5 Å². The van der Waals surface area contributed by atoms with Crippen molar-refractivity contribution in [3.63, 3.8) is 0 Å². The lowest BCUT2D eigenvalue weighted by Crippen LogP contribution is -2.31. The molecule has 118 valence electrons. The fourth-order valence-corrected chi connectivity index (χ4v) is 3.44. The van der Waals surface area contributed by atoms with E-state index in [4.69, 9.17) is 11.6 Å². The molecule has 1 unspecified atom stereocenters. The molecule has 0 saturated carbocycles. The molecule has 4 nitrogen and oxygen atoms in total. The number of halogens is 2. The first-order valence-corrected chi connectivity index (χ1v) is 8.39. The number of nitrogens with zero attached hydrogens (tertiary/aromatic N) is 3. The fraction of sp³-hybridized carbons (Fsp3) is 0.357. The average molecular weight is 360 g/mol. The van der Waals surface area contributed by atoms with Gasteiger partial charge in [-0.15, -0.1) is 0 Å². The first kappa shape index (κ1) is 17.2. The Hall–Kier alpha value is -1.18. The summed E-state index contributed by atoms with van der Waals surface area (Å²) in [4.78, 5) is 21.8. The predicted molar refractivity (Wildman–Crippen MR) is 91.4 cm³/mol. The highest BCUT2D eigenvalue weighted by Gasteiger charge is 2.22. The number of carbonyl (C=O) groups is 1. The van der Waals surface area contributed by atoms with Crippen LogP contribution in [0.5, 0.6) is 0 Å². The smallest absolute Gasteiger partial charge is 0.228 e. The summed E-state index contributed by atoms with van der Waals surface area (Å²) in [6.45, 7) is 4.19. The van der Waals surface area contributed by atoms with E-state index < -0.39 is 5.82 Å². The van der Waals surface area contributed by atoms with Gasteiger partial charge in [-0.2, -0.15) is 12.6 Å². The summed E-state index contributed by atoms with van der Waals surface area (Å²) < 4.78 is 13.3. The van der Waals surface area contributed by atoms with Crippen molar-refractivity contribution in [2.24, 2.45) is 0 Å². The van der Waals surface area contributed by atoms with E-state index >= 15 is 0 Å². The van der Waals surface area contributed by atoms with Gasteiger partial charge in [-0.1, -0.05) is 29.9 Å². The standard InChI is InChI=1S/C14H15ClFN3OS2/c1-3-19(11(20)4-8(2)21)14-12(15)18-13(22-14)9-5-10(16)7-17-6-9/h5-8,21H,3-4H2,1-2H3. The van der Waals surface area contributed by atoms with Gasteiger partial charge < -0.3 is 4.90 Å². The number of carbonyl (C=O) groups excluding carboxylic acids is 1. The van der Waals surface area contributed by atoms with Crippen LogP contribution in [0.25, 0.3) is 10.6 Å². The van der Waals surface area contributed by atoms with Crippen molar-refractivity contribution in [1.29, 1.82) is 0 Å². The number of rotatable bonds is 5. The second kappa shape index (κ2) is 7.39. The molecule has 1 amide bonds. The van der Waals surface area contributed by atoms with Crippen LogP contribution in [-0.4, -0.2) is 27.7 Å². The molecule has 0 bridgehead atoms. The summed E-state index contributed by atoms with van der Waals surface area (Å²) >= 11 is 11.6. The van der Waals surface area contributed by atoms with Crippen LogP contribution < -0.4 is 4.90 Å². The molecule has 0 fully saturated rings. The van der Waals surface area contributed by atoms with Crippen molar-refractivity contribution >= 4 is 46.5 Å². The molecule has 0 aliphatic carbocycles. The Morgan fingerprint density at radius 1 is 1.55 bits per heavy atom. The van der Waals surface area contributed by atoms with E-state index in [1.54, 1.807) is 4.90 Å². The van der Waals surface area contributed by atoms with Crippen LogP contribution in [0.1, 0.15) is 20.3 Å². The third-order valence-corrected chi connectivity index (χ3v) is 4.54. The number of thiol groups is 1. The van der Waals surface area contributed by atoms with Gasteiger partial charge in [-0.05, 0) is 13.0 Å². The first-order valence-electron chi connectivity index (χ1n) is 6.68. The van der Waals surface area contributed by atoms with Crippen molar-refractivity contribution in [2.75, 3.05) is 11.4 Å². The van der Waals surface area contributed by atoms with Gasteiger partial charge in [0.25, 0.3) is 0 Å².